The van der Waals surface area contributed by atoms with Crippen molar-refractivity contribution in [3.63, 3.8) is 0 Å². The second-order valence-corrected chi connectivity index (χ2v) is 14.4. The van der Waals surface area contributed by atoms with E-state index in [1.807, 2.05) is 0 Å². The Morgan fingerprint density at radius 2 is 1.10 bits per heavy atom. The van der Waals surface area contributed by atoms with Crippen molar-refractivity contribution in [2.24, 2.45) is 23.7 Å². The summed E-state index contributed by atoms with van der Waals surface area (Å²) in [5, 5.41) is 0. The van der Waals surface area contributed by atoms with Crippen molar-refractivity contribution in [2.75, 3.05) is 0 Å². The maximum Gasteiger partial charge on any atom is -1.00 e. The molecule has 0 aromatic rings. The minimum Gasteiger partial charge on any atom is -1.00 e. The average Bonchev–Trinajstić information content (AvgIpc) is 3.11. The maximum atomic E-state index is 2.75. The predicted octanol–water partition coefficient (Wildman–Crippen LogP) is 2.54. The van der Waals surface area contributed by atoms with Crippen molar-refractivity contribution in [1.82, 2.24) is 0 Å². The van der Waals surface area contributed by atoms with Gasteiger partial charge in [-0.2, -0.15) is 0 Å². The van der Waals surface area contributed by atoms with Gasteiger partial charge in [-0.1, -0.05) is 0 Å². The maximum absolute atomic E-state index is 2.75. The summed E-state index contributed by atoms with van der Waals surface area (Å²) in [6, 6.07) is 0. The summed E-state index contributed by atoms with van der Waals surface area (Å²) in [6.45, 7) is 0. The van der Waals surface area contributed by atoms with Crippen molar-refractivity contribution < 1.29 is 34.2 Å². The number of halogens is 1. The molecule has 6 unspecified atom stereocenters. The normalized spacial score (nSPS) is 42.5. The summed E-state index contributed by atoms with van der Waals surface area (Å²) < 4.78 is 4.99. The molecule has 21 heavy (non-hydrogen) atoms. The smallest absolute Gasteiger partial charge is 1.00 e. The average molecular weight is 380 g/mol. The molecule has 0 aromatic heterocycles. The topological polar surface area (TPSA) is 0 Å². The van der Waals surface area contributed by atoms with Gasteiger partial charge in [0.05, 0.1) is 0 Å². The van der Waals surface area contributed by atoms with Gasteiger partial charge in [0, 0.05) is 0 Å². The van der Waals surface area contributed by atoms with Crippen LogP contribution >= 0.6 is 0 Å². The van der Waals surface area contributed by atoms with Crippen molar-refractivity contribution in [1.29, 1.82) is 0 Å². The summed E-state index contributed by atoms with van der Waals surface area (Å²) in [5.74, 6) is 3.61. The fourth-order valence-corrected chi connectivity index (χ4v) is 14.4. The molecule has 0 spiro atoms. The molecule has 2 saturated carbocycles. The van der Waals surface area contributed by atoms with Gasteiger partial charge in [-0.25, -0.2) is 0 Å². The summed E-state index contributed by atoms with van der Waals surface area (Å²) in [4.78, 5) is 0. The molecule has 6 atom stereocenters. The second kappa shape index (κ2) is 6.71. The number of hydrogen-bond acceptors (Lipinski definition) is 0. The molecule has 4 rings (SSSR count). The zero-order valence-corrected chi connectivity index (χ0v) is 16.0. The van der Waals surface area contributed by atoms with E-state index < -0.39 is 21.8 Å². The van der Waals surface area contributed by atoms with E-state index in [2.05, 4.69) is 53.2 Å². The molecule has 112 valence electrons. The Bertz CT molecular complexity index is 446. The fraction of sp³-hybridized carbons (Fsp3) is 0.579. The summed E-state index contributed by atoms with van der Waals surface area (Å²) >= 11 is -1.31. The number of allylic oxidation sites excluding steroid dienone is 8. The van der Waals surface area contributed by atoms with Gasteiger partial charge in [0.25, 0.3) is 0 Å². The third-order valence-electron chi connectivity index (χ3n) is 6.32. The first kappa shape index (κ1) is 16.0. The molecule has 4 aliphatic carbocycles. The number of rotatable bonds is 2. The van der Waals surface area contributed by atoms with Crippen LogP contribution < -0.4 is 12.4 Å². The quantitative estimate of drug-likeness (QED) is 0.691. The monoisotopic (exact) mass is 378 g/mol. The zero-order chi connectivity index (χ0) is 13.5. The molecule has 0 heterocycles. The van der Waals surface area contributed by atoms with Gasteiger partial charge in [-0.3, -0.25) is 0 Å². The molecule has 0 N–H and O–H groups in total. The first-order valence-electron chi connectivity index (χ1n) is 8.38. The van der Waals surface area contributed by atoms with Crippen LogP contribution in [0, 0.1) is 23.7 Å². The minimum absolute atomic E-state index is 0. The largest absolute Gasteiger partial charge is 1.00 e. The first-order chi connectivity index (χ1) is 9.84. The molecule has 0 bridgehead atoms. The van der Waals surface area contributed by atoms with E-state index in [-0.39, 0.29) is 12.4 Å². The van der Waals surface area contributed by atoms with Gasteiger partial charge >= 0.3 is 132 Å². The van der Waals surface area contributed by atoms with Crippen LogP contribution in [-0.2, 0) is 21.8 Å². The van der Waals surface area contributed by atoms with Crippen LogP contribution in [0.1, 0.15) is 25.7 Å². The fourth-order valence-electron chi connectivity index (χ4n) is 5.25. The van der Waals surface area contributed by atoms with Crippen LogP contribution in [0.4, 0.5) is 0 Å². The Hall–Kier alpha value is 0.133. The van der Waals surface area contributed by atoms with Crippen LogP contribution in [0.3, 0.4) is 0 Å². The van der Waals surface area contributed by atoms with Gasteiger partial charge in [0.15, 0.2) is 0 Å². The summed E-state index contributed by atoms with van der Waals surface area (Å²) in [6.07, 6.45) is 25.3. The van der Waals surface area contributed by atoms with E-state index in [1.54, 1.807) is 0 Å². The van der Waals surface area contributed by atoms with Crippen molar-refractivity contribution in [3.05, 3.63) is 48.6 Å². The van der Waals surface area contributed by atoms with E-state index in [4.69, 9.17) is 0 Å². The Balaban J connectivity index is 0.00000132. The summed E-state index contributed by atoms with van der Waals surface area (Å²) in [7, 11) is 0. The van der Waals surface area contributed by atoms with E-state index in [0.29, 0.717) is 0 Å². The van der Waals surface area contributed by atoms with E-state index >= 15 is 0 Å². The molecule has 0 saturated heterocycles. The van der Waals surface area contributed by atoms with Gasteiger partial charge in [-0.05, 0) is 0 Å². The predicted molar refractivity (Wildman–Crippen MR) is 82.4 cm³/mol. The van der Waals surface area contributed by atoms with Crippen LogP contribution in [0.5, 0.6) is 0 Å². The third kappa shape index (κ3) is 2.86. The Labute approximate surface area is 143 Å². The number of hydrogen-bond donors (Lipinski definition) is 0. The molecule has 0 amide bonds. The van der Waals surface area contributed by atoms with E-state index in [0.717, 1.165) is 30.9 Å². The SMILES string of the molecule is [CH3][Zr+]([CH]1CCC2C=CC=CC21)[CH]1CCC2C=CC=CC21.[Cl-]. The van der Waals surface area contributed by atoms with Crippen molar-refractivity contribution in [2.45, 2.75) is 37.6 Å². The van der Waals surface area contributed by atoms with Gasteiger partial charge < -0.3 is 12.4 Å². The van der Waals surface area contributed by atoms with Crippen LogP contribution in [0.15, 0.2) is 48.6 Å². The Morgan fingerprint density at radius 1 is 0.667 bits per heavy atom. The van der Waals surface area contributed by atoms with Gasteiger partial charge in [0.2, 0.25) is 0 Å². The zero-order valence-electron chi connectivity index (χ0n) is 12.8. The molecule has 0 radical (unpaired) electrons. The standard InChI is InChI=1S/2C9H11.CH3.ClH.Zr/c2*1-2-5-9-7-3-6-8(9)4-1;;;/h2*1-2,4-6,8-9H,3,7H2;1H3;1H;/q;;;;+1/p-1. The van der Waals surface area contributed by atoms with Gasteiger partial charge in [0.1, 0.15) is 0 Å². The molecule has 0 nitrogen and oxygen atoms in total. The number of fused-ring (bicyclic) bond motifs is 2. The molecule has 2 heteroatoms. The van der Waals surface area contributed by atoms with E-state index in [1.165, 1.54) is 25.7 Å². The molecule has 0 aliphatic heterocycles. The third-order valence-corrected chi connectivity index (χ3v) is 15.4. The Morgan fingerprint density at radius 3 is 1.57 bits per heavy atom. The Kier molecular flexibility index (Phi) is 5.12. The molecule has 2 fully saturated rings. The second-order valence-electron chi connectivity index (χ2n) is 7.13. The summed E-state index contributed by atoms with van der Waals surface area (Å²) in [5.41, 5.74) is 0. The molecular formula is C19H25ClZr. The van der Waals surface area contributed by atoms with Crippen molar-refractivity contribution in [3.8, 4) is 0 Å². The molecule has 0 aromatic carbocycles. The minimum atomic E-state index is -1.31. The van der Waals surface area contributed by atoms with Crippen LogP contribution in [0.2, 0.25) is 11.9 Å². The van der Waals surface area contributed by atoms with Crippen molar-refractivity contribution >= 4 is 0 Å². The molecular weight excluding hydrogens is 355 g/mol. The van der Waals surface area contributed by atoms with Crippen LogP contribution in [0.25, 0.3) is 0 Å². The van der Waals surface area contributed by atoms with Crippen LogP contribution in [-0.4, -0.2) is 0 Å². The van der Waals surface area contributed by atoms with E-state index in [9.17, 15) is 0 Å². The molecule has 4 aliphatic rings. The van der Waals surface area contributed by atoms with Gasteiger partial charge in [-0.15, -0.1) is 0 Å². The first-order valence-corrected chi connectivity index (χ1v) is 13.7.